The monoisotopic (exact) mass is 404 g/mol. The van der Waals surface area contributed by atoms with Gasteiger partial charge in [0.1, 0.15) is 5.75 Å². The summed E-state index contributed by atoms with van der Waals surface area (Å²) in [6.45, 7) is 0. The first-order valence-corrected chi connectivity index (χ1v) is 10.2. The van der Waals surface area contributed by atoms with Gasteiger partial charge >= 0.3 is 0 Å². The van der Waals surface area contributed by atoms with Crippen molar-refractivity contribution in [1.29, 1.82) is 0 Å². The Morgan fingerprint density at radius 1 is 1.10 bits per heavy atom. The molecule has 3 N–H and O–H groups in total. The van der Waals surface area contributed by atoms with Gasteiger partial charge in [-0.25, -0.2) is 0 Å². The van der Waals surface area contributed by atoms with Crippen LogP contribution >= 0.6 is 0 Å². The Hall–Kier alpha value is -3.35. The average molecular weight is 404 g/mol. The Labute approximate surface area is 174 Å². The van der Waals surface area contributed by atoms with Crippen LogP contribution in [0.3, 0.4) is 0 Å². The number of ether oxygens (including phenoxy) is 1. The molecule has 30 heavy (non-hydrogen) atoms. The molecule has 0 saturated heterocycles. The van der Waals surface area contributed by atoms with Crippen LogP contribution in [0.1, 0.15) is 46.5 Å². The summed E-state index contributed by atoms with van der Waals surface area (Å²) in [5, 5.41) is 8.41. The van der Waals surface area contributed by atoms with Gasteiger partial charge in [0, 0.05) is 18.5 Å². The molecule has 2 fully saturated rings. The minimum atomic E-state index is -0.479. The molecule has 0 radical (unpaired) electrons. The van der Waals surface area contributed by atoms with Crippen molar-refractivity contribution < 1.29 is 14.3 Å². The Kier molecular flexibility index (Phi) is 4.27. The van der Waals surface area contributed by atoms with Crippen LogP contribution in [0.25, 0.3) is 10.9 Å². The predicted octanol–water partition coefficient (Wildman–Crippen LogP) is 2.79. The van der Waals surface area contributed by atoms with Gasteiger partial charge < -0.3 is 15.8 Å². The molecule has 5 rings (SSSR count). The molecule has 3 aromatic rings. The van der Waals surface area contributed by atoms with Gasteiger partial charge in [-0.1, -0.05) is 30.3 Å². The van der Waals surface area contributed by atoms with E-state index in [1.165, 1.54) is 0 Å². The van der Waals surface area contributed by atoms with E-state index >= 15 is 0 Å². The Balaban J connectivity index is 1.16. The summed E-state index contributed by atoms with van der Waals surface area (Å²) in [6, 6.07) is 15.0. The van der Waals surface area contributed by atoms with Crippen molar-refractivity contribution in [2.24, 2.45) is 18.2 Å². The second kappa shape index (κ2) is 6.86. The van der Waals surface area contributed by atoms with Crippen molar-refractivity contribution in [2.45, 2.75) is 37.8 Å². The number of amides is 2. The number of hydrogen-bond donors (Lipinski definition) is 2. The lowest BCUT2D eigenvalue weighted by Gasteiger charge is -2.57. The van der Waals surface area contributed by atoms with Crippen molar-refractivity contribution >= 4 is 22.7 Å². The van der Waals surface area contributed by atoms with Gasteiger partial charge in [-0.2, -0.15) is 5.10 Å². The topological polar surface area (TPSA) is 99.2 Å². The molecule has 1 spiro atoms. The second-order valence-corrected chi connectivity index (χ2v) is 8.58. The smallest absolute Gasteiger partial charge is 0.272 e. The van der Waals surface area contributed by atoms with Gasteiger partial charge in [0.2, 0.25) is 0 Å². The number of hydrogen-bond acceptors (Lipinski definition) is 4. The largest absolute Gasteiger partial charge is 0.490 e. The molecule has 0 bridgehead atoms. The van der Waals surface area contributed by atoms with E-state index in [9.17, 15) is 9.59 Å². The highest BCUT2D eigenvalue weighted by atomic mass is 16.5. The van der Waals surface area contributed by atoms with Gasteiger partial charge in [-0.3, -0.25) is 14.3 Å². The van der Waals surface area contributed by atoms with E-state index < -0.39 is 5.91 Å². The summed E-state index contributed by atoms with van der Waals surface area (Å²) in [5.41, 5.74) is 7.50. The molecule has 7 nitrogen and oxygen atoms in total. The SMILES string of the molecule is Cn1nc(C(=O)NC2CC3(C2)CC(Oc2ccccc2C(N)=O)C3)c2ccccc21. The molecule has 0 atom stereocenters. The number of rotatable bonds is 5. The third-order valence-corrected chi connectivity index (χ3v) is 6.43. The Morgan fingerprint density at radius 2 is 1.80 bits per heavy atom. The zero-order chi connectivity index (χ0) is 20.9. The number of carbonyl (C=O) groups is 2. The molecule has 2 amide bonds. The van der Waals surface area contributed by atoms with Gasteiger partial charge in [-0.05, 0) is 49.3 Å². The zero-order valence-electron chi connectivity index (χ0n) is 16.8. The van der Waals surface area contributed by atoms with E-state index in [4.69, 9.17) is 10.5 Å². The summed E-state index contributed by atoms with van der Waals surface area (Å²) >= 11 is 0. The van der Waals surface area contributed by atoms with Gasteiger partial charge in [0.25, 0.3) is 11.8 Å². The lowest BCUT2D eigenvalue weighted by atomic mass is 9.53. The highest BCUT2D eigenvalue weighted by Crippen LogP contribution is 2.56. The Morgan fingerprint density at radius 3 is 2.57 bits per heavy atom. The number of nitrogens with zero attached hydrogens (tertiary/aromatic N) is 2. The third-order valence-electron chi connectivity index (χ3n) is 6.43. The molecule has 0 aliphatic heterocycles. The molecular formula is C23H24N4O3. The van der Waals surface area contributed by atoms with E-state index in [-0.39, 0.29) is 23.5 Å². The van der Waals surface area contributed by atoms with E-state index in [2.05, 4.69) is 10.4 Å². The third kappa shape index (κ3) is 3.10. The van der Waals surface area contributed by atoms with Crippen LogP contribution < -0.4 is 15.8 Å². The van der Waals surface area contributed by atoms with E-state index in [1.54, 1.807) is 22.9 Å². The lowest BCUT2D eigenvalue weighted by Crippen LogP contribution is -2.58. The van der Waals surface area contributed by atoms with Crippen LogP contribution in [-0.2, 0) is 7.05 Å². The number of aryl methyl sites for hydroxylation is 1. The summed E-state index contributed by atoms with van der Waals surface area (Å²) in [6.07, 6.45) is 3.83. The quantitative estimate of drug-likeness (QED) is 0.683. The van der Waals surface area contributed by atoms with Crippen LogP contribution in [0.2, 0.25) is 0 Å². The zero-order valence-corrected chi connectivity index (χ0v) is 16.8. The number of nitrogens with one attached hydrogen (secondary N) is 1. The minimum Gasteiger partial charge on any atom is -0.490 e. The van der Waals surface area contributed by atoms with Crippen molar-refractivity contribution in [3.63, 3.8) is 0 Å². The van der Waals surface area contributed by atoms with Crippen molar-refractivity contribution in [2.75, 3.05) is 0 Å². The van der Waals surface area contributed by atoms with E-state index in [1.807, 2.05) is 37.4 Å². The molecule has 1 heterocycles. The van der Waals surface area contributed by atoms with Gasteiger partial charge in [0.15, 0.2) is 5.69 Å². The molecule has 2 aliphatic carbocycles. The first kappa shape index (κ1) is 18.7. The fourth-order valence-corrected chi connectivity index (χ4v) is 5.00. The summed E-state index contributed by atoms with van der Waals surface area (Å²) in [4.78, 5) is 24.3. The summed E-state index contributed by atoms with van der Waals surface area (Å²) in [5.74, 6) is -0.0432. The number of fused-ring (bicyclic) bond motifs is 1. The molecule has 2 aliphatic rings. The maximum Gasteiger partial charge on any atom is 0.272 e. The lowest BCUT2D eigenvalue weighted by molar-refractivity contribution is -0.0834. The molecular weight excluding hydrogens is 380 g/mol. The van der Waals surface area contributed by atoms with Gasteiger partial charge in [0.05, 0.1) is 17.2 Å². The fourth-order valence-electron chi connectivity index (χ4n) is 5.00. The number of aromatic nitrogens is 2. The minimum absolute atomic E-state index is 0.0851. The maximum absolute atomic E-state index is 12.7. The molecule has 0 unspecified atom stereocenters. The van der Waals surface area contributed by atoms with Crippen LogP contribution in [0.5, 0.6) is 5.75 Å². The predicted molar refractivity (Wildman–Crippen MR) is 112 cm³/mol. The maximum atomic E-state index is 12.7. The van der Waals surface area contributed by atoms with Crippen molar-refractivity contribution in [3.05, 3.63) is 59.8 Å². The highest BCUT2D eigenvalue weighted by Gasteiger charge is 2.54. The molecule has 2 aromatic carbocycles. The van der Waals surface area contributed by atoms with Crippen molar-refractivity contribution in [3.8, 4) is 5.75 Å². The van der Waals surface area contributed by atoms with Crippen LogP contribution in [-0.4, -0.2) is 33.7 Å². The highest BCUT2D eigenvalue weighted by molar-refractivity contribution is 6.05. The number of primary amides is 1. The van der Waals surface area contributed by atoms with Crippen LogP contribution in [0, 0.1) is 5.41 Å². The van der Waals surface area contributed by atoms with Crippen LogP contribution in [0.15, 0.2) is 48.5 Å². The normalized spacial score (nSPS) is 24.8. The molecule has 154 valence electrons. The number of para-hydroxylation sites is 2. The van der Waals surface area contributed by atoms with E-state index in [0.29, 0.717) is 17.0 Å². The summed E-state index contributed by atoms with van der Waals surface area (Å²) in [7, 11) is 1.85. The molecule has 2 saturated carbocycles. The average Bonchev–Trinajstić information content (AvgIpc) is 3.02. The first-order valence-electron chi connectivity index (χ1n) is 10.2. The number of benzene rings is 2. The van der Waals surface area contributed by atoms with Crippen LogP contribution in [0.4, 0.5) is 0 Å². The first-order chi connectivity index (χ1) is 14.4. The molecule has 1 aromatic heterocycles. The van der Waals surface area contributed by atoms with E-state index in [0.717, 1.165) is 36.6 Å². The Bertz CT molecular complexity index is 1140. The second-order valence-electron chi connectivity index (χ2n) is 8.58. The van der Waals surface area contributed by atoms with Crippen molar-refractivity contribution in [1.82, 2.24) is 15.1 Å². The number of nitrogens with two attached hydrogens (primary N) is 1. The molecule has 7 heteroatoms. The standard InChI is InChI=1S/C23H24N4O3/c1-27-18-8-4-2-6-16(18)20(26-27)22(29)25-14-10-23(11-14)12-15(13-23)30-19-9-5-3-7-17(19)21(24)28/h2-9,14-15H,10-13H2,1H3,(H2,24,28)(H,25,29). The fraction of sp³-hybridized carbons (Fsp3) is 0.348. The summed E-state index contributed by atoms with van der Waals surface area (Å²) < 4.78 is 7.75. The number of carbonyl (C=O) groups excluding carboxylic acids is 2. The van der Waals surface area contributed by atoms with Gasteiger partial charge in [-0.15, -0.1) is 0 Å².